The molecule has 0 saturated heterocycles. The standard InChI is InChI=1S/C61H42N4.C55H42N4Si/c1-61(2)51-24-12-9-20-46(51)47-34-30-42(37-52(47)61)60-62-53(39-16-5-3-6-17-39)38-54(63-60)40-28-32-44(33-29-40)65-56-26-14-11-22-49(56)59-45(23-15-27-58(59)65)41-31-35-57-50(36-41)48-21-10-13-25-55(48)64(57)43-18-7-4-8-19-43;1-60(2,3)43-32-30-42(31-33-43)59-51-23-13-11-20-46(51)54-44(21-14-24-53(54)59)40-27-34-52-47(35-40)45-19-10-12-22-50(45)58(52)41-28-25-38(26-29-41)49-36-48(37-15-6-4-7-16-37)56-55(57-49)39-17-8-5-9-18-39/h3-38H,1-2H3;4-36H,1-3H3. The molecule has 6 aromatic heterocycles. The molecule has 0 radical (unpaired) electrons. The van der Waals surface area contributed by atoms with Crippen molar-refractivity contribution < 1.29 is 0 Å². The molecule has 0 saturated carbocycles. The minimum Gasteiger partial charge on any atom is -0.309 e. The van der Waals surface area contributed by atoms with Crippen molar-refractivity contribution in [1.82, 2.24) is 38.2 Å². The molecule has 0 unspecified atom stereocenters. The summed E-state index contributed by atoms with van der Waals surface area (Å²) in [6.07, 6.45) is 0. The lowest BCUT2D eigenvalue weighted by molar-refractivity contribution is 0.660. The predicted octanol–water partition coefficient (Wildman–Crippen LogP) is 29.5. The van der Waals surface area contributed by atoms with Gasteiger partial charge in [0.1, 0.15) is 0 Å². The molecule has 0 amide bonds. The highest BCUT2D eigenvalue weighted by molar-refractivity contribution is 6.88. The summed E-state index contributed by atoms with van der Waals surface area (Å²) >= 11 is 0. The number of hydrogen-bond donors (Lipinski definition) is 0. The molecule has 0 bridgehead atoms. The molecule has 17 aromatic carbocycles. The lowest BCUT2D eigenvalue weighted by Crippen LogP contribution is -2.37. The average molecular weight is 1620 g/mol. The summed E-state index contributed by atoms with van der Waals surface area (Å²) in [4.78, 5) is 20.6. The Morgan fingerprint density at radius 3 is 0.976 bits per heavy atom. The number of fused-ring (bicyclic) bond motifs is 15. The summed E-state index contributed by atoms with van der Waals surface area (Å²) in [5.74, 6) is 1.43. The van der Waals surface area contributed by atoms with E-state index in [-0.39, 0.29) is 5.41 Å². The van der Waals surface area contributed by atoms with Gasteiger partial charge in [0.2, 0.25) is 0 Å². The maximum atomic E-state index is 5.30. The van der Waals surface area contributed by atoms with Gasteiger partial charge in [-0.3, -0.25) is 0 Å². The summed E-state index contributed by atoms with van der Waals surface area (Å²) in [5.41, 5.74) is 33.8. The largest absolute Gasteiger partial charge is 0.309 e. The zero-order valence-corrected chi connectivity index (χ0v) is 70.9. The molecule has 125 heavy (non-hydrogen) atoms. The van der Waals surface area contributed by atoms with Gasteiger partial charge in [0.05, 0.1) is 75.0 Å². The summed E-state index contributed by atoms with van der Waals surface area (Å²) in [7, 11) is -1.42. The number of benzene rings is 17. The molecule has 0 spiro atoms. The Morgan fingerprint density at radius 2 is 0.520 bits per heavy atom. The van der Waals surface area contributed by atoms with E-state index >= 15 is 0 Å². The molecular formula is C116H84N8Si. The Labute approximate surface area is 726 Å². The van der Waals surface area contributed by atoms with Crippen LogP contribution in [0.25, 0.3) is 211 Å². The summed E-state index contributed by atoms with van der Waals surface area (Å²) in [5, 5.41) is 11.4. The lowest BCUT2D eigenvalue weighted by Gasteiger charge is -2.21. The van der Waals surface area contributed by atoms with Crippen molar-refractivity contribution in [3.63, 3.8) is 0 Å². The number of rotatable bonds is 13. The maximum absolute atomic E-state index is 5.30. The Morgan fingerprint density at radius 1 is 0.208 bits per heavy atom. The molecule has 592 valence electrons. The molecule has 0 aliphatic heterocycles. The Kier molecular flexibility index (Phi) is 17.8. The first-order valence-corrected chi connectivity index (χ1v) is 46.6. The van der Waals surface area contributed by atoms with Crippen molar-refractivity contribution >= 4 is 100 Å². The fraction of sp³-hybridized carbons (Fsp3) is 0.0517. The molecule has 6 heterocycles. The maximum Gasteiger partial charge on any atom is 0.160 e. The zero-order chi connectivity index (χ0) is 83.6. The fourth-order valence-corrected chi connectivity index (χ4v) is 20.7. The Balaban J connectivity index is 0.000000145. The first-order chi connectivity index (χ1) is 61.4. The SMILES string of the molecule is CC1(C)c2ccccc2-c2ccc(-c3nc(-c4ccccc4)cc(-c4ccc(-n5c6ccccc6c6c(-c7ccc8c(c7)c7ccccc7n8-c7ccccc7)cccc65)cc4)n3)cc21.C[Si](C)(C)c1ccc(-n2c3ccccc3c3c(-c4ccc5c(c4)c4ccccc4n5-c4ccc(-c5cc(-c6ccccc6)nc(-c6ccccc6)n5)cc4)cccc32)cc1. The highest BCUT2D eigenvalue weighted by Gasteiger charge is 2.36. The van der Waals surface area contributed by atoms with E-state index in [1.807, 2.05) is 30.3 Å². The molecule has 0 atom stereocenters. The fourth-order valence-electron chi connectivity index (χ4n) is 19.6. The van der Waals surface area contributed by atoms with Crippen LogP contribution in [0.4, 0.5) is 0 Å². The van der Waals surface area contributed by atoms with Crippen molar-refractivity contribution in [3.8, 4) is 124 Å². The van der Waals surface area contributed by atoms with Crippen LogP contribution in [0, 0.1) is 0 Å². The second-order valence-corrected chi connectivity index (χ2v) is 39.5. The van der Waals surface area contributed by atoms with Gasteiger partial charge in [-0.15, -0.1) is 0 Å². The van der Waals surface area contributed by atoms with Gasteiger partial charge in [-0.1, -0.05) is 330 Å². The molecule has 1 aliphatic carbocycles. The highest BCUT2D eigenvalue weighted by Crippen LogP contribution is 2.51. The normalized spacial score (nSPS) is 12.4. The van der Waals surface area contributed by atoms with Gasteiger partial charge in [-0.2, -0.15) is 0 Å². The average Bonchev–Trinajstić information content (AvgIpc) is 1.58. The van der Waals surface area contributed by atoms with Crippen molar-refractivity contribution in [2.45, 2.75) is 38.9 Å². The van der Waals surface area contributed by atoms with E-state index in [0.717, 1.165) is 79.0 Å². The lowest BCUT2D eigenvalue weighted by atomic mass is 9.82. The van der Waals surface area contributed by atoms with Crippen LogP contribution in [-0.4, -0.2) is 46.3 Å². The molecule has 23 aromatic rings. The number of nitrogens with zero attached hydrogens (tertiary/aromatic N) is 8. The zero-order valence-electron chi connectivity index (χ0n) is 69.9. The predicted molar refractivity (Wildman–Crippen MR) is 525 cm³/mol. The summed E-state index contributed by atoms with van der Waals surface area (Å²) < 4.78 is 9.60. The van der Waals surface area contributed by atoms with Crippen LogP contribution in [-0.2, 0) is 5.41 Å². The van der Waals surface area contributed by atoms with E-state index in [0.29, 0.717) is 5.82 Å². The molecule has 0 fully saturated rings. The summed E-state index contributed by atoms with van der Waals surface area (Å²) in [6, 6.07) is 151. The van der Waals surface area contributed by atoms with E-state index in [2.05, 4.69) is 440 Å². The van der Waals surface area contributed by atoms with Crippen LogP contribution >= 0.6 is 0 Å². The number of para-hydroxylation sites is 5. The number of hydrogen-bond acceptors (Lipinski definition) is 4. The second kappa shape index (κ2) is 29.9. The minimum absolute atomic E-state index is 0.122. The Hall–Kier alpha value is -15.7. The van der Waals surface area contributed by atoms with E-state index < -0.39 is 8.07 Å². The van der Waals surface area contributed by atoms with Crippen LogP contribution in [0.5, 0.6) is 0 Å². The molecular weight excluding hydrogens is 1530 g/mol. The van der Waals surface area contributed by atoms with Gasteiger partial charge in [-0.25, -0.2) is 19.9 Å². The minimum atomic E-state index is -1.42. The third-order valence-electron chi connectivity index (χ3n) is 25.7. The van der Waals surface area contributed by atoms with Crippen LogP contribution in [0.1, 0.15) is 25.0 Å². The van der Waals surface area contributed by atoms with E-state index in [9.17, 15) is 0 Å². The number of aromatic nitrogens is 8. The molecule has 8 nitrogen and oxygen atoms in total. The van der Waals surface area contributed by atoms with Crippen LogP contribution in [0.15, 0.2) is 419 Å². The van der Waals surface area contributed by atoms with Crippen molar-refractivity contribution in [2.75, 3.05) is 0 Å². The van der Waals surface area contributed by atoms with Gasteiger partial charge in [-0.05, 0) is 172 Å². The summed E-state index contributed by atoms with van der Waals surface area (Å²) in [6.45, 7) is 11.9. The van der Waals surface area contributed by atoms with Crippen molar-refractivity contribution in [1.29, 1.82) is 0 Å². The van der Waals surface area contributed by atoms with Crippen molar-refractivity contribution in [3.05, 3.63) is 430 Å². The first-order valence-electron chi connectivity index (χ1n) is 43.1. The van der Waals surface area contributed by atoms with Gasteiger partial charge in [0, 0.05) is 105 Å². The van der Waals surface area contributed by atoms with Crippen LogP contribution < -0.4 is 5.19 Å². The molecule has 24 rings (SSSR count). The smallest absolute Gasteiger partial charge is 0.160 e. The third-order valence-corrected chi connectivity index (χ3v) is 27.7. The Bertz CT molecular complexity index is 8120. The second-order valence-electron chi connectivity index (χ2n) is 34.5. The topological polar surface area (TPSA) is 71.3 Å². The van der Waals surface area contributed by atoms with E-state index in [1.54, 1.807) is 0 Å². The quantitative estimate of drug-likeness (QED) is 0.108. The van der Waals surface area contributed by atoms with Gasteiger partial charge in [0.25, 0.3) is 0 Å². The third kappa shape index (κ3) is 12.7. The first kappa shape index (κ1) is 74.4. The van der Waals surface area contributed by atoms with Crippen LogP contribution in [0.3, 0.4) is 0 Å². The monoisotopic (exact) mass is 1620 g/mol. The highest BCUT2D eigenvalue weighted by atomic mass is 28.3. The van der Waals surface area contributed by atoms with Crippen molar-refractivity contribution in [2.24, 2.45) is 0 Å². The van der Waals surface area contributed by atoms with E-state index in [1.165, 1.54) is 143 Å². The van der Waals surface area contributed by atoms with Crippen LogP contribution in [0.2, 0.25) is 19.6 Å². The van der Waals surface area contributed by atoms with E-state index in [4.69, 9.17) is 19.9 Å². The molecule has 9 heteroatoms. The molecule has 0 N–H and O–H groups in total. The molecule has 1 aliphatic rings. The van der Waals surface area contributed by atoms with Gasteiger partial charge < -0.3 is 18.3 Å². The van der Waals surface area contributed by atoms with Gasteiger partial charge in [0.15, 0.2) is 11.6 Å². The van der Waals surface area contributed by atoms with Gasteiger partial charge >= 0.3 is 0 Å².